The molecule has 1 aliphatic heterocycles. The first kappa shape index (κ1) is 24.9. The molecular weight excluding hydrogens is 398 g/mol. The van der Waals surface area contributed by atoms with Gasteiger partial charge in [0.1, 0.15) is 6.10 Å². The standard InChI is InChI=1S/C24H43NO6/c1-16-20(15-26)31-24(23(29)22(16)28)30-13-12-25-21(27)14-19(17-8-4-2-5-9-17)18-10-6-3-7-11-18/h16-20,22-24,26,28-29H,2-15H2,1H3,(H,25,27)/t16-,20?,22?,23+,24+/m1/s1. The fraction of sp³-hybridized carbons (Fsp3) is 0.958. The van der Waals surface area contributed by atoms with Crippen LogP contribution in [0.25, 0.3) is 0 Å². The molecule has 1 saturated heterocycles. The summed E-state index contributed by atoms with van der Waals surface area (Å²) in [6, 6.07) is 0. The molecule has 0 bridgehead atoms. The van der Waals surface area contributed by atoms with Crippen LogP contribution in [0.5, 0.6) is 0 Å². The minimum Gasteiger partial charge on any atom is -0.394 e. The molecule has 3 fully saturated rings. The van der Waals surface area contributed by atoms with Gasteiger partial charge < -0.3 is 30.1 Å². The molecule has 2 aliphatic carbocycles. The molecule has 0 spiro atoms. The number of rotatable bonds is 9. The normalized spacial score (nSPS) is 33.5. The van der Waals surface area contributed by atoms with Crippen molar-refractivity contribution in [2.45, 2.75) is 102 Å². The number of hydrogen-bond acceptors (Lipinski definition) is 6. The Balaban J connectivity index is 1.43. The van der Waals surface area contributed by atoms with Crippen molar-refractivity contribution in [2.24, 2.45) is 23.7 Å². The molecule has 1 heterocycles. The van der Waals surface area contributed by atoms with Crippen LogP contribution in [0, 0.1) is 23.7 Å². The lowest BCUT2D eigenvalue weighted by atomic mass is 9.68. The van der Waals surface area contributed by atoms with E-state index in [0.717, 1.165) is 0 Å². The van der Waals surface area contributed by atoms with Gasteiger partial charge in [-0.25, -0.2) is 0 Å². The Bertz CT molecular complexity index is 514. The third-order valence-corrected chi connectivity index (χ3v) is 7.88. The second-order valence-corrected chi connectivity index (χ2v) is 9.95. The maximum absolute atomic E-state index is 12.7. The smallest absolute Gasteiger partial charge is 0.220 e. The Hall–Kier alpha value is -0.730. The van der Waals surface area contributed by atoms with E-state index in [1.54, 1.807) is 6.92 Å². The second kappa shape index (κ2) is 12.5. The van der Waals surface area contributed by atoms with Gasteiger partial charge in [-0.2, -0.15) is 0 Å². The highest BCUT2D eigenvalue weighted by Crippen LogP contribution is 2.41. The summed E-state index contributed by atoms with van der Waals surface area (Å²) in [6.45, 7) is 2.00. The van der Waals surface area contributed by atoms with Crippen LogP contribution < -0.4 is 5.32 Å². The number of ether oxygens (including phenoxy) is 2. The fourth-order valence-electron chi connectivity index (χ4n) is 5.91. The predicted molar refractivity (Wildman–Crippen MR) is 117 cm³/mol. The first-order chi connectivity index (χ1) is 15.0. The summed E-state index contributed by atoms with van der Waals surface area (Å²) in [6.07, 6.45) is 9.74. The molecule has 4 N–H and O–H groups in total. The Morgan fingerprint density at radius 2 is 1.58 bits per heavy atom. The second-order valence-electron chi connectivity index (χ2n) is 9.95. The lowest BCUT2D eigenvalue weighted by Gasteiger charge is -2.40. The largest absolute Gasteiger partial charge is 0.394 e. The van der Waals surface area contributed by atoms with E-state index in [1.165, 1.54) is 64.2 Å². The van der Waals surface area contributed by atoms with Gasteiger partial charge in [-0.3, -0.25) is 4.79 Å². The van der Waals surface area contributed by atoms with Crippen LogP contribution in [0.15, 0.2) is 0 Å². The lowest BCUT2D eigenvalue weighted by molar-refractivity contribution is -0.287. The molecule has 7 heteroatoms. The third kappa shape index (κ3) is 6.87. The number of carbonyl (C=O) groups excluding carboxylic acids is 1. The Kier molecular flexibility index (Phi) is 10.0. The molecule has 180 valence electrons. The van der Waals surface area contributed by atoms with E-state index in [0.29, 0.717) is 30.7 Å². The number of nitrogens with one attached hydrogen (secondary N) is 1. The summed E-state index contributed by atoms with van der Waals surface area (Å²) in [5.74, 6) is 1.56. The quantitative estimate of drug-likeness (QED) is 0.409. The van der Waals surface area contributed by atoms with E-state index in [1.807, 2.05) is 0 Å². The summed E-state index contributed by atoms with van der Waals surface area (Å²) in [7, 11) is 0. The molecule has 2 unspecified atom stereocenters. The average molecular weight is 442 g/mol. The molecule has 5 atom stereocenters. The van der Waals surface area contributed by atoms with Crippen molar-refractivity contribution in [3.8, 4) is 0 Å². The third-order valence-electron chi connectivity index (χ3n) is 7.88. The highest BCUT2D eigenvalue weighted by atomic mass is 16.7. The van der Waals surface area contributed by atoms with E-state index in [4.69, 9.17) is 9.47 Å². The lowest BCUT2D eigenvalue weighted by Crippen LogP contribution is -2.55. The molecule has 7 nitrogen and oxygen atoms in total. The van der Waals surface area contributed by atoms with E-state index < -0.39 is 24.6 Å². The summed E-state index contributed by atoms with van der Waals surface area (Å²) >= 11 is 0. The van der Waals surface area contributed by atoms with Gasteiger partial charge in [-0.15, -0.1) is 0 Å². The highest BCUT2D eigenvalue weighted by Gasteiger charge is 2.42. The van der Waals surface area contributed by atoms with E-state index in [2.05, 4.69) is 5.32 Å². The summed E-state index contributed by atoms with van der Waals surface area (Å²) in [5, 5.41) is 32.7. The SMILES string of the molecule is C[C@@H]1C(CO)O[C@H](OCCNC(=O)CC(C2CCCCC2)C2CCCCC2)[C@@H](O)C1O. The maximum atomic E-state index is 12.7. The van der Waals surface area contributed by atoms with Crippen molar-refractivity contribution in [3.63, 3.8) is 0 Å². The summed E-state index contributed by atoms with van der Waals surface area (Å²) in [4.78, 5) is 12.7. The predicted octanol–water partition coefficient (Wildman–Crippen LogP) is 2.36. The minimum atomic E-state index is -1.17. The number of aliphatic hydroxyl groups is 3. The molecule has 0 aromatic carbocycles. The average Bonchev–Trinajstić information content (AvgIpc) is 2.81. The van der Waals surface area contributed by atoms with E-state index in [-0.39, 0.29) is 25.0 Å². The van der Waals surface area contributed by atoms with Gasteiger partial charge in [-0.1, -0.05) is 71.1 Å². The van der Waals surface area contributed by atoms with Gasteiger partial charge in [0.25, 0.3) is 0 Å². The van der Waals surface area contributed by atoms with Crippen molar-refractivity contribution in [3.05, 3.63) is 0 Å². The number of hydrogen-bond donors (Lipinski definition) is 4. The molecule has 3 rings (SSSR count). The number of carbonyl (C=O) groups is 1. The van der Waals surface area contributed by atoms with Crippen LogP contribution in [0.1, 0.15) is 77.6 Å². The van der Waals surface area contributed by atoms with Gasteiger partial charge >= 0.3 is 0 Å². The zero-order valence-corrected chi connectivity index (χ0v) is 19.1. The van der Waals surface area contributed by atoms with Crippen LogP contribution in [0.4, 0.5) is 0 Å². The van der Waals surface area contributed by atoms with Crippen molar-refractivity contribution in [2.75, 3.05) is 19.8 Å². The van der Waals surface area contributed by atoms with Gasteiger partial charge in [0.05, 0.1) is 25.4 Å². The van der Waals surface area contributed by atoms with Gasteiger partial charge in [0.15, 0.2) is 6.29 Å². The molecule has 2 saturated carbocycles. The van der Waals surface area contributed by atoms with Crippen molar-refractivity contribution < 1.29 is 29.6 Å². The maximum Gasteiger partial charge on any atom is 0.220 e. The summed E-state index contributed by atoms with van der Waals surface area (Å²) in [5.41, 5.74) is 0. The van der Waals surface area contributed by atoms with Crippen LogP contribution >= 0.6 is 0 Å². The van der Waals surface area contributed by atoms with Crippen LogP contribution in [-0.2, 0) is 14.3 Å². The Labute approximate surface area is 186 Å². The molecule has 3 aliphatic rings. The zero-order chi connectivity index (χ0) is 22.2. The van der Waals surface area contributed by atoms with Crippen molar-refractivity contribution >= 4 is 5.91 Å². The zero-order valence-electron chi connectivity index (χ0n) is 19.1. The van der Waals surface area contributed by atoms with Crippen LogP contribution in [0.3, 0.4) is 0 Å². The molecule has 0 radical (unpaired) electrons. The minimum absolute atomic E-state index is 0.0803. The van der Waals surface area contributed by atoms with Gasteiger partial charge in [0.2, 0.25) is 5.91 Å². The monoisotopic (exact) mass is 441 g/mol. The highest BCUT2D eigenvalue weighted by molar-refractivity contribution is 5.76. The number of amides is 1. The van der Waals surface area contributed by atoms with Crippen LogP contribution in [-0.4, -0.2) is 65.6 Å². The Morgan fingerprint density at radius 3 is 2.13 bits per heavy atom. The first-order valence-electron chi connectivity index (χ1n) is 12.5. The number of aliphatic hydroxyl groups excluding tert-OH is 3. The topological polar surface area (TPSA) is 108 Å². The fourth-order valence-corrected chi connectivity index (χ4v) is 5.91. The first-order valence-corrected chi connectivity index (χ1v) is 12.5. The van der Waals surface area contributed by atoms with E-state index in [9.17, 15) is 20.1 Å². The molecule has 31 heavy (non-hydrogen) atoms. The van der Waals surface area contributed by atoms with E-state index >= 15 is 0 Å². The van der Waals surface area contributed by atoms with Crippen molar-refractivity contribution in [1.82, 2.24) is 5.32 Å². The Morgan fingerprint density at radius 1 is 1.00 bits per heavy atom. The van der Waals surface area contributed by atoms with Crippen LogP contribution in [0.2, 0.25) is 0 Å². The summed E-state index contributed by atoms with van der Waals surface area (Å²) < 4.78 is 11.1. The van der Waals surface area contributed by atoms with Gasteiger partial charge in [-0.05, 0) is 17.8 Å². The molecule has 1 amide bonds. The molecule has 0 aromatic heterocycles. The molecular formula is C24H43NO6. The van der Waals surface area contributed by atoms with Crippen molar-refractivity contribution in [1.29, 1.82) is 0 Å². The van der Waals surface area contributed by atoms with Gasteiger partial charge in [0, 0.05) is 18.9 Å². The molecule has 0 aromatic rings.